The van der Waals surface area contributed by atoms with Crippen molar-refractivity contribution in [2.24, 2.45) is 0 Å². The predicted molar refractivity (Wildman–Crippen MR) is 196 cm³/mol. The van der Waals surface area contributed by atoms with Gasteiger partial charge in [0, 0.05) is 0 Å². The lowest BCUT2D eigenvalue weighted by molar-refractivity contribution is -1.08. The monoisotopic (exact) mass is 860 g/mol. The van der Waals surface area contributed by atoms with Crippen LogP contribution in [0.15, 0.2) is 0 Å². The first-order valence-corrected chi connectivity index (χ1v) is 21.5. The Morgan fingerprint density at radius 2 is 0.388 bits per heavy atom. The van der Waals surface area contributed by atoms with E-state index in [0.29, 0.717) is 0 Å². The molecule has 0 saturated carbocycles. The molecular formula is C41H84Br2Cl2N4. The Labute approximate surface area is 341 Å². The smallest absolute Gasteiger partial charge is 0.129 e. The number of piperazine rings is 6. The summed E-state index contributed by atoms with van der Waals surface area (Å²) in [6.45, 7) is 28.6. The van der Waals surface area contributed by atoms with Crippen molar-refractivity contribution < 1.29 is 76.7 Å². The van der Waals surface area contributed by atoms with Crippen LogP contribution < -0.4 is 58.8 Å². The Morgan fingerprint density at radius 3 is 0.571 bits per heavy atom. The Balaban J connectivity index is 0.00000576. The van der Waals surface area contributed by atoms with Crippen molar-refractivity contribution in [2.75, 3.05) is 105 Å². The van der Waals surface area contributed by atoms with E-state index in [4.69, 9.17) is 0 Å². The molecule has 0 spiro atoms. The molecule has 4 bridgehead atoms. The summed E-state index contributed by atoms with van der Waals surface area (Å²) in [5.41, 5.74) is 0. The van der Waals surface area contributed by atoms with E-state index < -0.39 is 0 Å². The second kappa shape index (κ2) is 27.9. The molecule has 0 aliphatic carbocycles. The van der Waals surface area contributed by atoms with Crippen LogP contribution in [0.1, 0.15) is 162 Å². The first-order chi connectivity index (χ1) is 22.1. The Morgan fingerprint density at radius 1 is 0.245 bits per heavy atom. The van der Waals surface area contributed by atoms with Crippen molar-refractivity contribution in [2.45, 2.75) is 162 Å². The molecule has 0 unspecified atom stereocenters. The van der Waals surface area contributed by atoms with Gasteiger partial charge in [-0.15, -0.1) is 0 Å². The second-order valence-corrected chi connectivity index (χ2v) is 17.4. The van der Waals surface area contributed by atoms with Gasteiger partial charge in [0.2, 0.25) is 0 Å². The maximum Gasteiger partial charge on any atom is 0.129 e. The molecule has 6 heterocycles. The summed E-state index contributed by atoms with van der Waals surface area (Å²) in [6, 6.07) is 0. The van der Waals surface area contributed by atoms with Crippen LogP contribution in [0.5, 0.6) is 0 Å². The maximum atomic E-state index is 2.32. The van der Waals surface area contributed by atoms with Crippen LogP contribution in [0.3, 0.4) is 0 Å². The third-order valence-electron chi connectivity index (χ3n) is 14.0. The highest BCUT2D eigenvalue weighted by Gasteiger charge is 2.49. The third kappa shape index (κ3) is 17.6. The van der Waals surface area contributed by atoms with Crippen LogP contribution in [-0.4, -0.2) is 123 Å². The lowest BCUT2D eigenvalue weighted by Crippen LogP contribution is -3.00. The molecule has 296 valence electrons. The predicted octanol–water partition coefficient (Wildman–Crippen LogP) is -2.66. The van der Waals surface area contributed by atoms with Crippen molar-refractivity contribution in [3.8, 4) is 0 Å². The minimum Gasteiger partial charge on any atom is -1.00 e. The van der Waals surface area contributed by atoms with Crippen LogP contribution in [0.25, 0.3) is 0 Å². The standard InChI is InChI=1S/C41H84N4.2BrH.2ClH/c1-3-5-7-9-11-13-15-17-19-22-26-42-30-36-44(37-31-42,38-32-42)28-24-21-25-29-45-39-33-43(34-40-45,35-41-45)27-23-20-18-16-14-12-10-8-6-4-2;;;;/h3-41H2,1-2H3;4*1H/q+4;;;;/p-4. The summed E-state index contributed by atoms with van der Waals surface area (Å²) in [5, 5.41) is 0. The molecule has 4 nitrogen and oxygen atoms in total. The van der Waals surface area contributed by atoms with E-state index in [9.17, 15) is 0 Å². The summed E-state index contributed by atoms with van der Waals surface area (Å²) in [7, 11) is 0. The van der Waals surface area contributed by atoms with E-state index in [0.717, 1.165) is 0 Å². The van der Waals surface area contributed by atoms with Crippen molar-refractivity contribution in [3.05, 3.63) is 0 Å². The molecule has 8 heteroatoms. The van der Waals surface area contributed by atoms with Gasteiger partial charge in [0.1, 0.15) is 78.5 Å². The molecule has 0 N–H and O–H groups in total. The van der Waals surface area contributed by atoms with Crippen molar-refractivity contribution in [1.29, 1.82) is 0 Å². The molecule has 6 aliphatic heterocycles. The molecule has 0 radical (unpaired) electrons. The Hall–Kier alpha value is 1.38. The minimum absolute atomic E-state index is 0. The molecule has 0 aromatic rings. The van der Waals surface area contributed by atoms with Gasteiger partial charge in [-0.3, -0.25) is 0 Å². The number of nitrogens with zero attached hydrogens (tertiary/aromatic N) is 4. The van der Waals surface area contributed by atoms with Gasteiger partial charge < -0.3 is 76.7 Å². The van der Waals surface area contributed by atoms with Gasteiger partial charge in [0.05, 0.1) is 26.2 Å². The van der Waals surface area contributed by atoms with Crippen LogP contribution in [0.4, 0.5) is 0 Å². The van der Waals surface area contributed by atoms with Crippen LogP contribution >= 0.6 is 0 Å². The highest BCUT2D eigenvalue weighted by Crippen LogP contribution is 2.30. The van der Waals surface area contributed by atoms with Gasteiger partial charge in [0.15, 0.2) is 0 Å². The van der Waals surface area contributed by atoms with Gasteiger partial charge >= 0.3 is 0 Å². The second-order valence-electron chi connectivity index (χ2n) is 17.4. The summed E-state index contributed by atoms with van der Waals surface area (Å²) in [6.07, 6.45) is 33.9. The Kier molecular flexibility index (Phi) is 28.7. The van der Waals surface area contributed by atoms with Crippen molar-refractivity contribution in [1.82, 2.24) is 0 Å². The zero-order valence-electron chi connectivity index (χ0n) is 32.9. The first-order valence-electron chi connectivity index (χ1n) is 21.5. The van der Waals surface area contributed by atoms with E-state index in [1.807, 2.05) is 0 Å². The fourth-order valence-electron chi connectivity index (χ4n) is 10.2. The largest absolute Gasteiger partial charge is 1.00 e. The van der Waals surface area contributed by atoms with E-state index in [1.165, 1.54) is 270 Å². The fourth-order valence-corrected chi connectivity index (χ4v) is 10.2. The lowest BCUT2D eigenvalue weighted by Gasteiger charge is -2.56. The summed E-state index contributed by atoms with van der Waals surface area (Å²) in [4.78, 5) is 0. The molecule has 6 aliphatic rings. The highest BCUT2D eigenvalue weighted by molar-refractivity contribution is 4.65. The average molecular weight is 864 g/mol. The number of quaternary nitrogens is 4. The fraction of sp³-hybridized carbons (Fsp3) is 1.00. The van der Waals surface area contributed by atoms with Gasteiger partial charge in [-0.2, -0.15) is 0 Å². The van der Waals surface area contributed by atoms with Gasteiger partial charge in [-0.1, -0.05) is 117 Å². The topological polar surface area (TPSA) is 0 Å². The number of hydrogen-bond donors (Lipinski definition) is 0. The SMILES string of the molecule is CCCCCCCCCCCC[N+]12CC[N+](CCCCC[N+]34CC[N+](CCCCCCCCCCCC)(CC3)CC4)(CC1)CC2.[Br-].[Br-].[Cl-].[Cl-]. The quantitative estimate of drug-likeness (QED) is 0.0597. The van der Waals surface area contributed by atoms with Gasteiger partial charge in [0.25, 0.3) is 0 Å². The average Bonchev–Trinajstić information content (AvgIpc) is 3.08. The summed E-state index contributed by atoms with van der Waals surface area (Å²) in [5.74, 6) is 0. The number of unbranched alkanes of at least 4 members (excludes halogenated alkanes) is 20. The molecule has 0 amide bonds. The number of halogens is 4. The van der Waals surface area contributed by atoms with E-state index in [1.54, 1.807) is 0 Å². The Bertz CT molecular complexity index is 678. The number of hydrogen-bond acceptors (Lipinski definition) is 0. The number of rotatable bonds is 28. The molecule has 0 atom stereocenters. The van der Waals surface area contributed by atoms with Crippen LogP contribution in [-0.2, 0) is 0 Å². The first kappa shape index (κ1) is 50.4. The number of fused-ring (bicyclic) bond motifs is 6. The molecule has 0 aromatic heterocycles. The summed E-state index contributed by atoms with van der Waals surface area (Å²) < 4.78 is 5.99. The van der Waals surface area contributed by atoms with E-state index in [2.05, 4.69) is 13.8 Å². The van der Waals surface area contributed by atoms with Crippen LogP contribution in [0.2, 0.25) is 0 Å². The zero-order chi connectivity index (χ0) is 31.6. The minimum atomic E-state index is 0. The van der Waals surface area contributed by atoms with Gasteiger partial charge in [-0.25, -0.2) is 0 Å². The maximum absolute atomic E-state index is 2.32. The van der Waals surface area contributed by atoms with Gasteiger partial charge in [-0.05, 0) is 44.9 Å². The molecule has 6 fully saturated rings. The van der Waals surface area contributed by atoms with Crippen molar-refractivity contribution >= 4 is 0 Å². The molecule has 6 saturated heterocycles. The molecular weight excluding hydrogens is 779 g/mol. The lowest BCUT2D eigenvalue weighted by atomic mass is 10.0. The van der Waals surface area contributed by atoms with E-state index in [-0.39, 0.29) is 58.8 Å². The van der Waals surface area contributed by atoms with Crippen LogP contribution in [0, 0.1) is 0 Å². The van der Waals surface area contributed by atoms with Crippen molar-refractivity contribution in [3.63, 3.8) is 0 Å². The third-order valence-corrected chi connectivity index (χ3v) is 14.0. The molecule has 49 heavy (non-hydrogen) atoms. The highest BCUT2D eigenvalue weighted by atomic mass is 79.9. The summed E-state index contributed by atoms with van der Waals surface area (Å²) >= 11 is 0. The molecule has 0 aromatic carbocycles. The van der Waals surface area contributed by atoms with E-state index >= 15 is 0 Å². The molecule has 6 rings (SSSR count). The normalized spacial score (nSPS) is 28.3. The zero-order valence-corrected chi connectivity index (χ0v) is 37.6.